The Morgan fingerprint density at radius 3 is 2.62 bits per heavy atom. The van der Waals surface area contributed by atoms with E-state index in [0.717, 1.165) is 5.69 Å². The van der Waals surface area contributed by atoms with Gasteiger partial charge in [0.1, 0.15) is 11.5 Å². The molecule has 148 valence electrons. The molecule has 8 nitrogen and oxygen atoms in total. The number of carbonyl (C=O) groups excluding carboxylic acids is 1. The number of rotatable bonds is 5. The lowest BCUT2D eigenvalue weighted by Crippen LogP contribution is -2.13. The number of amides is 1. The lowest BCUT2D eigenvalue weighted by atomic mass is 10.2. The summed E-state index contributed by atoms with van der Waals surface area (Å²) in [5.74, 6) is 2.15. The number of nitrogens with one attached hydrogen (secondary N) is 2. The molecule has 0 unspecified atom stereocenters. The third kappa shape index (κ3) is 4.02. The first-order chi connectivity index (χ1) is 14.0. The lowest BCUT2D eigenvalue weighted by molar-refractivity contribution is -0.114. The van der Waals surface area contributed by atoms with Crippen LogP contribution in [0.5, 0.6) is 11.5 Å². The monoisotopic (exact) mass is 411 g/mol. The molecule has 0 radical (unpaired) electrons. The van der Waals surface area contributed by atoms with E-state index >= 15 is 0 Å². The third-order valence-corrected chi connectivity index (χ3v) is 4.55. The molecule has 0 fully saturated rings. The molecular weight excluding hydrogens is 394 g/mol. The number of nitrogens with zero attached hydrogens (tertiary/aromatic N) is 3. The zero-order valence-corrected chi connectivity index (χ0v) is 16.5. The van der Waals surface area contributed by atoms with Crippen molar-refractivity contribution in [1.29, 1.82) is 0 Å². The molecule has 29 heavy (non-hydrogen) atoms. The predicted molar refractivity (Wildman–Crippen MR) is 112 cm³/mol. The van der Waals surface area contributed by atoms with Crippen LogP contribution in [0.1, 0.15) is 6.92 Å². The third-order valence-electron chi connectivity index (χ3n) is 4.25. The summed E-state index contributed by atoms with van der Waals surface area (Å²) in [7, 11) is 1.84. The second-order valence-electron chi connectivity index (χ2n) is 6.31. The van der Waals surface area contributed by atoms with Gasteiger partial charge in [-0.05, 0) is 42.5 Å². The number of aromatic nitrogens is 2. The fraction of sp³-hybridized carbons (Fsp3) is 0.150. The summed E-state index contributed by atoms with van der Waals surface area (Å²) in [6.45, 7) is 1.62. The second kappa shape index (κ2) is 7.84. The quantitative estimate of drug-likeness (QED) is 0.646. The molecule has 1 aliphatic rings. The van der Waals surface area contributed by atoms with E-state index in [-0.39, 0.29) is 12.7 Å². The first kappa shape index (κ1) is 18.8. The summed E-state index contributed by atoms with van der Waals surface area (Å²) in [6.07, 6.45) is 1.65. The molecule has 1 aliphatic heterocycles. The number of benzene rings is 2. The van der Waals surface area contributed by atoms with Crippen molar-refractivity contribution in [3.05, 3.63) is 53.7 Å². The Morgan fingerprint density at radius 2 is 1.86 bits per heavy atom. The van der Waals surface area contributed by atoms with Gasteiger partial charge in [0.05, 0.1) is 5.02 Å². The van der Waals surface area contributed by atoms with Crippen molar-refractivity contribution in [3.63, 3.8) is 0 Å². The van der Waals surface area contributed by atoms with E-state index in [1.165, 1.54) is 6.92 Å². The molecule has 0 aliphatic carbocycles. The lowest BCUT2D eigenvalue weighted by Gasteiger charge is -2.21. The molecule has 9 heteroatoms. The van der Waals surface area contributed by atoms with Crippen molar-refractivity contribution in [2.24, 2.45) is 0 Å². The van der Waals surface area contributed by atoms with E-state index in [1.54, 1.807) is 36.5 Å². The van der Waals surface area contributed by atoms with Crippen molar-refractivity contribution in [2.45, 2.75) is 6.92 Å². The van der Waals surface area contributed by atoms with Crippen LogP contribution in [0.3, 0.4) is 0 Å². The number of anilines is 5. The number of hydrogen-bond acceptors (Lipinski definition) is 7. The molecule has 3 aromatic rings. The molecule has 2 heterocycles. The van der Waals surface area contributed by atoms with Gasteiger partial charge in [-0.25, -0.2) is 4.98 Å². The summed E-state index contributed by atoms with van der Waals surface area (Å²) in [5.41, 5.74) is 2.17. The predicted octanol–water partition coefficient (Wildman–Crippen LogP) is 4.33. The standard InChI is InChI=1S/C20H18ClN5O3/c1-12(27)23-13-3-5-14(6-4-13)24-20-22-10-9-17(25-20)26(2)18-15(21)7-8-16-19(18)29-11-28-16/h3-10H,11H2,1-2H3,(H,23,27)(H,22,24,25). The van der Waals surface area contributed by atoms with Crippen molar-refractivity contribution < 1.29 is 14.3 Å². The molecule has 0 bridgehead atoms. The maximum absolute atomic E-state index is 11.1. The van der Waals surface area contributed by atoms with Gasteiger partial charge in [0.2, 0.25) is 18.6 Å². The molecule has 0 saturated heterocycles. The van der Waals surface area contributed by atoms with Crippen LogP contribution in [-0.4, -0.2) is 29.7 Å². The normalized spacial score (nSPS) is 11.8. The molecule has 0 atom stereocenters. The minimum Gasteiger partial charge on any atom is -0.454 e. The van der Waals surface area contributed by atoms with Crippen LogP contribution in [0, 0.1) is 0 Å². The van der Waals surface area contributed by atoms with Crippen molar-refractivity contribution >= 4 is 46.3 Å². The minimum absolute atomic E-state index is 0.120. The smallest absolute Gasteiger partial charge is 0.231 e. The number of hydrogen-bond donors (Lipinski definition) is 2. The Hall–Kier alpha value is -3.52. The SMILES string of the molecule is CC(=O)Nc1ccc(Nc2nccc(N(C)c3c(Cl)ccc4c3OCO4)n2)cc1. The van der Waals surface area contributed by atoms with Gasteiger partial charge in [-0.15, -0.1) is 0 Å². The van der Waals surface area contributed by atoms with E-state index in [9.17, 15) is 4.79 Å². The number of halogens is 1. The summed E-state index contributed by atoms with van der Waals surface area (Å²) >= 11 is 6.41. The van der Waals surface area contributed by atoms with Crippen LogP contribution in [0.4, 0.5) is 28.8 Å². The molecule has 1 aromatic heterocycles. The molecule has 0 saturated carbocycles. The average Bonchev–Trinajstić information content (AvgIpc) is 3.17. The van der Waals surface area contributed by atoms with Crippen LogP contribution in [0.2, 0.25) is 5.02 Å². The van der Waals surface area contributed by atoms with Crippen LogP contribution >= 0.6 is 11.6 Å². The van der Waals surface area contributed by atoms with Crippen LogP contribution in [-0.2, 0) is 4.79 Å². The van der Waals surface area contributed by atoms with E-state index < -0.39 is 0 Å². The molecule has 2 aromatic carbocycles. The van der Waals surface area contributed by atoms with Gasteiger partial charge in [0.25, 0.3) is 0 Å². The Labute approximate surface area is 172 Å². The molecule has 4 rings (SSSR count). The maximum atomic E-state index is 11.1. The van der Waals surface area contributed by atoms with Gasteiger partial charge in [-0.1, -0.05) is 11.6 Å². The van der Waals surface area contributed by atoms with Gasteiger partial charge in [-0.2, -0.15) is 4.98 Å². The fourth-order valence-corrected chi connectivity index (χ4v) is 3.20. The van der Waals surface area contributed by atoms with Crippen LogP contribution < -0.4 is 25.0 Å². The summed E-state index contributed by atoms with van der Waals surface area (Å²) in [6, 6.07) is 12.6. The number of carbonyl (C=O) groups is 1. The Bertz CT molecular complexity index is 1060. The Kier molecular flexibility index (Phi) is 5.09. The largest absolute Gasteiger partial charge is 0.454 e. The highest BCUT2D eigenvalue weighted by atomic mass is 35.5. The minimum atomic E-state index is -0.120. The van der Waals surface area contributed by atoms with Crippen LogP contribution in [0.15, 0.2) is 48.7 Å². The highest BCUT2D eigenvalue weighted by Gasteiger charge is 2.24. The Balaban J connectivity index is 1.56. The van der Waals surface area contributed by atoms with Gasteiger partial charge >= 0.3 is 0 Å². The summed E-state index contributed by atoms with van der Waals surface area (Å²) in [5, 5.41) is 6.40. The summed E-state index contributed by atoms with van der Waals surface area (Å²) in [4.78, 5) is 21.8. The van der Waals surface area contributed by atoms with E-state index in [4.69, 9.17) is 21.1 Å². The van der Waals surface area contributed by atoms with E-state index in [1.807, 2.05) is 24.1 Å². The molecular formula is C20H18ClN5O3. The first-order valence-corrected chi connectivity index (χ1v) is 9.18. The van der Waals surface area contributed by atoms with Crippen LogP contribution in [0.25, 0.3) is 0 Å². The topological polar surface area (TPSA) is 88.6 Å². The number of ether oxygens (including phenoxy) is 2. The van der Waals surface area contributed by atoms with Crippen molar-refractivity contribution in [1.82, 2.24) is 9.97 Å². The van der Waals surface area contributed by atoms with Gasteiger partial charge in [0.15, 0.2) is 11.5 Å². The molecule has 2 N–H and O–H groups in total. The maximum Gasteiger partial charge on any atom is 0.231 e. The first-order valence-electron chi connectivity index (χ1n) is 8.81. The fourth-order valence-electron chi connectivity index (χ4n) is 2.93. The summed E-state index contributed by atoms with van der Waals surface area (Å²) < 4.78 is 11.0. The van der Waals surface area contributed by atoms with Gasteiger partial charge < -0.3 is 25.0 Å². The average molecular weight is 412 g/mol. The van der Waals surface area contributed by atoms with Crippen molar-refractivity contribution in [3.8, 4) is 11.5 Å². The Morgan fingerprint density at radius 1 is 1.10 bits per heavy atom. The molecule has 1 amide bonds. The zero-order valence-electron chi connectivity index (χ0n) is 15.8. The molecule has 0 spiro atoms. The van der Waals surface area contributed by atoms with E-state index in [2.05, 4.69) is 20.6 Å². The highest BCUT2D eigenvalue weighted by Crippen LogP contribution is 2.46. The highest BCUT2D eigenvalue weighted by molar-refractivity contribution is 6.34. The van der Waals surface area contributed by atoms with Gasteiger partial charge in [-0.3, -0.25) is 4.79 Å². The van der Waals surface area contributed by atoms with Crippen molar-refractivity contribution in [2.75, 3.05) is 29.4 Å². The zero-order chi connectivity index (χ0) is 20.4. The second-order valence-corrected chi connectivity index (χ2v) is 6.72. The van der Waals surface area contributed by atoms with Gasteiger partial charge in [0, 0.05) is 31.5 Å². The van der Waals surface area contributed by atoms with E-state index in [0.29, 0.717) is 39.7 Å². The number of fused-ring (bicyclic) bond motifs is 1.